The van der Waals surface area contributed by atoms with Crippen LogP contribution in [-0.4, -0.2) is 77.0 Å². The maximum absolute atomic E-state index is 12.7. The number of carbonyl (C=O) groups is 2. The monoisotopic (exact) mass is 374 g/mol. The number of likely N-dealkylation sites (tertiary alicyclic amines) is 1. The Morgan fingerprint density at radius 2 is 1.93 bits per heavy atom. The number of amides is 2. The highest BCUT2D eigenvalue weighted by molar-refractivity contribution is 5.78. The van der Waals surface area contributed by atoms with Crippen molar-refractivity contribution in [3.63, 3.8) is 0 Å². The molecule has 5 aliphatic heterocycles. The van der Waals surface area contributed by atoms with Gasteiger partial charge in [0.25, 0.3) is 0 Å². The van der Waals surface area contributed by atoms with Crippen molar-refractivity contribution < 1.29 is 9.59 Å². The number of nitrogens with one attached hydrogen (secondary N) is 1. The molecule has 150 valence electrons. The molecule has 0 radical (unpaired) electrons. The Labute approximate surface area is 162 Å². The van der Waals surface area contributed by atoms with E-state index < -0.39 is 0 Å². The van der Waals surface area contributed by atoms with Gasteiger partial charge in [-0.25, -0.2) is 0 Å². The summed E-state index contributed by atoms with van der Waals surface area (Å²) < 4.78 is 0. The predicted molar refractivity (Wildman–Crippen MR) is 103 cm³/mol. The van der Waals surface area contributed by atoms with Gasteiger partial charge in [0.05, 0.1) is 6.17 Å². The van der Waals surface area contributed by atoms with E-state index in [1.807, 2.05) is 0 Å². The third-order valence-electron chi connectivity index (χ3n) is 7.78. The highest BCUT2D eigenvalue weighted by Crippen LogP contribution is 2.38. The van der Waals surface area contributed by atoms with Gasteiger partial charge < -0.3 is 14.7 Å². The van der Waals surface area contributed by atoms with Gasteiger partial charge in [0.15, 0.2) is 0 Å². The van der Waals surface area contributed by atoms with Crippen LogP contribution in [0.1, 0.15) is 58.3 Å². The number of hydrogen-bond acceptors (Lipinski definition) is 4. The van der Waals surface area contributed by atoms with Crippen LogP contribution in [0.25, 0.3) is 0 Å². The Morgan fingerprint density at radius 3 is 2.81 bits per heavy atom. The molecule has 0 spiro atoms. The summed E-state index contributed by atoms with van der Waals surface area (Å²) >= 11 is 0. The summed E-state index contributed by atoms with van der Waals surface area (Å²) in [5.74, 6) is 1.98. The standard InChI is InChI=1S/C21H34N4O2/c1-14-4-2-6-19-22-17(9-21(27)25(14)19)13-23-10-15-8-16(12-23)18-5-3-7-20(26)24(18)11-15/h14-19,22H,2-13H2,1H3. The molecule has 6 atom stereocenters. The zero-order valence-corrected chi connectivity index (χ0v) is 16.6. The van der Waals surface area contributed by atoms with Gasteiger partial charge >= 0.3 is 0 Å². The van der Waals surface area contributed by atoms with Crippen molar-refractivity contribution in [2.75, 3.05) is 26.2 Å². The molecule has 5 aliphatic rings. The number of carbonyl (C=O) groups excluding carboxylic acids is 2. The van der Waals surface area contributed by atoms with E-state index in [4.69, 9.17) is 0 Å². The van der Waals surface area contributed by atoms with E-state index in [0.29, 0.717) is 42.2 Å². The Balaban J connectivity index is 1.22. The molecule has 6 unspecified atom stereocenters. The lowest BCUT2D eigenvalue weighted by Crippen LogP contribution is -2.65. The fraction of sp³-hybridized carbons (Fsp3) is 0.905. The second-order valence-corrected chi connectivity index (χ2v) is 9.75. The van der Waals surface area contributed by atoms with E-state index in [0.717, 1.165) is 51.9 Å². The van der Waals surface area contributed by atoms with Gasteiger partial charge in [-0.3, -0.25) is 14.9 Å². The molecule has 0 aromatic heterocycles. The number of rotatable bonds is 2. The summed E-state index contributed by atoms with van der Waals surface area (Å²) in [6.45, 7) is 6.32. The predicted octanol–water partition coefficient (Wildman–Crippen LogP) is 1.41. The van der Waals surface area contributed by atoms with Crippen LogP contribution in [0.15, 0.2) is 0 Å². The smallest absolute Gasteiger partial charge is 0.225 e. The molecule has 5 heterocycles. The second kappa shape index (κ2) is 7.03. The maximum atomic E-state index is 12.7. The zero-order valence-electron chi connectivity index (χ0n) is 16.6. The van der Waals surface area contributed by atoms with Crippen LogP contribution in [0.2, 0.25) is 0 Å². The van der Waals surface area contributed by atoms with Crippen molar-refractivity contribution in [2.45, 2.75) is 82.6 Å². The van der Waals surface area contributed by atoms with Gasteiger partial charge in [0, 0.05) is 57.1 Å². The summed E-state index contributed by atoms with van der Waals surface area (Å²) in [6, 6.07) is 1.14. The normalized spacial score (nSPS) is 42.7. The van der Waals surface area contributed by atoms with E-state index in [9.17, 15) is 9.59 Å². The topological polar surface area (TPSA) is 55.9 Å². The number of hydrogen-bond donors (Lipinski definition) is 1. The Hall–Kier alpha value is -1.14. The minimum atomic E-state index is 0.246. The first-order valence-corrected chi connectivity index (χ1v) is 11.2. The van der Waals surface area contributed by atoms with Gasteiger partial charge in [-0.05, 0) is 57.3 Å². The van der Waals surface area contributed by atoms with E-state index >= 15 is 0 Å². The van der Waals surface area contributed by atoms with Crippen LogP contribution < -0.4 is 5.32 Å². The molecule has 0 aromatic carbocycles. The van der Waals surface area contributed by atoms with Gasteiger partial charge in [0.2, 0.25) is 11.8 Å². The van der Waals surface area contributed by atoms with Gasteiger partial charge in [-0.15, -0.1) is 0 Å². The number of nitrogens with zero attached hydrogens (tertiary/aromatic N) is 3. The van der Waals surface area contributed by atoms with Crippen molar-refractivity contribution in [1.29, 1.82) is 0 Å². The van der Waals surface area contributed by atoms with Crippen LogP contribution in [0.3, 0.4) is 0 Å². The van der Waals surface area contributed by atoms with Crippen LogP contribution >= 0.6 is 0 Å². The molecule has 6 heteroatoms. The fourth-order valence-corrected chi connectivity index (χ4v) is 6.71. The summed E-state index contributed by atoms with van der Waals surface area (Å²) in [5, 5.41) is 3.79. The van der Waals surface area contributed by atoms with Gasteiger partial charge in [-0.1, -0.05) is 0 Å². The Kier molecular flexibility index (Phi) is 4.67. The van der Waals surface area contributed by atoms with E-state index in [-0.39, 0.29) is 12.2 Å². The minimum absolute atomic E-state index is 0.246. The summed E-state index contributed by atoms with van der Waals surface area (Å²) in [5.41, 5.74) is 0. The van der Waals surface area contributed by atoms with E-state index in [1.165, 1.54) is 19.3 Å². The highest BCUT2D eigenvalue weighted by Gasteiger charge is 2.45. The van der Waals surface area contributed by atoms with Gasteiger partial charge in [0.1, 0.15) is 0 Å². The molecule has 1 N–H and O–H groups in total. The zero-order chi connectivity index (χ0) is 18.5. The fourth-order valence-electron chi connectivity index (χ4n) is 6.71. The molecule has 5 rings (SSSR count). The first-order chi connectivity index (χ1) is 13.1. The molecular weight excluding hydrogens is 340 g/mol. The average Bonchev–Trinajstić information content (AvgIpc) is 2.62. The summed E-state index contributed by atoms with van der Waals surface area (Å²) in [6.07, 6.45) is 8.63. The first-order valence-electron chi connectivity index (χ1n) is 11.2. The van der Waals surface area contributed by atoms with Crippen LogP contribution in [-0.2, 0) is 9.59 Å². The molecule has 5 fully saturated rings. The summed E-state index contributed by atoms with van der Waals surface area (Å²) in [7, 11) is 0. The third kappa shape index (κ3) is 3.29. The number of fused-ring (bicyclic) bond motifs is 5. The SMILES string of the molecule is CC1CCCC2NC(CN3CC4CC(C3)C3CCCC(=O)N3C4)CC(=O)N12. The van der Waals surface area contributed by atoms with Crippen molar-refractivity contribution in [1.82, 2.24) is 20.0 Å². The van der Waals surface area contributed by atoms with Crippen LogP contribution in [0, 0.1) is 11.8 Å². The minimum Gasteiger partial charge on any atom is -0.339 e. The second-order valence-electron chi connectivity index (χ2n) is 9.75. The van der Waals surface area contributed by atoms with Crippen molar-refractivity contribution in [2.24, 2.45) is 11.8 Å². The Morgan fingerprint density at radius 1 is 1.04 bits per heavy atom. The molecule has 0 aliphatic carbocycles. The molecular formula is C21H34N4O2. The molecule has 27 heavy (non-hydrogen) atoms. The molecule has 5 saturated heterocycles. The average molecular weight is 375 g/mol. The molecule has 6 nitrogen and oxygen atoms in total. The van der Waals surface area contributed by atoms with Crippen molar-refractivity contribution >= 4 is 11.8 Å². The lowest BCUT2D eigenvalue weighted by Gasteiger charge is -2.53. The lowest BCUT2D eigenvalue weighted by molar-refractivity contribution is -0.147. The Bertz CT molecular complexity index is 611. The summed E-state index contributed by atoms with van der Waals surface area (Å²) in [4.78, 5) is 32.0. The van der Waals surface area contributed by atoms with Crippen molar-refractivity contribution in [3.05, 3.63) is 0 Å². The van der Waals surface area contributed by atoms with E-state index in [1.54, 1.807) is 0 Å². The quantitative estimate of drug-likeness (QED) is 0.794. The lowest BCUT2D eigenvalue weighted by atomic mass is 9.76. The van der Waals surface area contributed by atoms with Gasteiger partial charge in [-0.2, -0.15) is 0 Å². The number of piperidine rings is 4. The molecule has 2 bridgehead atoms. The first kappa shape index (κ1) is 17.9. The highest BCUT2D eigenvalue weighted by atomic mass is 16.2. The molecule has 0 saturated carbocycles. The van der Waals surface area contributed by atoms with E-state index in [2.05, 4.69) is 26.9 Å². The van der Waals surface area contributed by atoms with Crippen LogP contribution in [0.5, 0.6) is 0 Å². The molecule has 2 amide bonds. The maximum Gasteiger partial charge on any atom is 0.225 e. The molecule has 0 aromatic rings. The third-order valence-corrected chi connectivity index (χ3v) is 7.78. The largest absolute Gasteiger partial charge is 0.339 e. The van der Waals surface area contributed by atoms with Crippen molar-refractivity contribution in [3.8, 4) is 0 Å². The van der Waals surface area contributed by atoms with Crippen LogP contribution in [0.4, 0.5) is 0 Å².